The Balaban J connectivity index is 1.69. The summed E-state index contributed by atoms with van der Waals surface area (Å²) < 4.78 is 26.9. The molecule has 6 heteroatoms. The fourth-order valence-corrected chi connectivity index (χ4v) is 4.80. The van der Waals surface area contributed by atoms with Crippen molar-refractivity contribution in [1.82, 2.24) is 10.0 Å². The molecule has 1 aliphatic rings. The molecule has 0 bridgehead atoms. The normalized spacial score (nSPS) is 15.1. The van der Waals surface area contributed by atoms with Gasteiger partial charge in [0.2, 0.25) is 10.0 Å². The predicted molar refractivity (Wildman–Crippen MR) is 111 cm³/mol. The average molecular weight is 401 g/mol. The number of aryl methyl sites for hydroxylation is 2. The smallest absolute Gasteiger partial charge is 0.251 e. The van der Waals surface area contributed by atoms with Crippen molar-refractivity contribution in [2.24, 2.45) is 0 Å². The number of amides is 1. The topological polar surface area (TPSA) is 75.3 Å². The molecule has 0 spiro atoms. The molecule has 0 fully saturated rings. The van der Waals surface area contributed by atoms with Crippen molar-refractivity contribution >= 4 is 15.9 Å². The first-order valence-electron chi connectivity index (χ1n) is 9.81. The second-order valence-electron chi connectivity index (χ2n) is 7.73. The molecule has 5 nitrogen and oxygen atoms in total. The average Bonchev–Trinajstić information content (AvgIpc) is 2.66. The number of hydrogen-bond donors (Lipinski definition) is 2. The third-order valence-electron chi connectivity index (χ3n) is 5.04. The highest BCUT2D eigenvalue weighted by atomic mass is 32.2. The van der Waals surface area contributed by atoms with Crippen LogP contribution in [0, 0.1) is 0 Å². The summed E-state index contributed by atoms with van der Waals surface area (Å²) in [5.41, 5.74) is 4.33. The molecule has 150 valence electrons. The number of hydrogen-bond acceptors (Lipinski definition) is 3. The lowest BCUT2D eigenvalue weighted by atomic mass is 9.89. The minimum Gasteiger partial charge on any atom is -0.346 e. The highest BCUT2D eigenvalue weighted by Crippen LogP contribution is 2.25. The first kappa shape index (κ1) is 20.6. The van der Waals surface area contributed by atoms with Gasteiger partial charge in [0.25, 0.3) is 5.91 Å². The van der Waals surface area contributed by atoms with Crippen molar-refractivity contribution in [3.8, 4) is 0 Å². The van der Waals surface area contributed by atoms with Gasteiger partial charge in [-0.2, -0.15) is 0 Å². The summed E-state index contributed by atoms with van der Waals surface area (Å²) in [6.07, 6.45) is 4.70. The van der Waals surface area contributed by atoms with Crippen LogP contribution in [0.1, 0.15) is 66.7 Å². The van der Waals surface area contributed by atoms with Gasteiger partial charge in [0, 0.05) is 11.6 Å². The summed E-state index contributed by atoms with van der Waals surface area (Å²) in [6.45, 7) is 5.50. The van der Waals surface area contributed by atoms with Crippen molar-refractivity contribution < 1.29 is 13.2 Å². The maximum atomic E-state index is 12.6. The van der Waals surface area contributed by atoms with Gasteiger partial charge in [-0.05, 0) is 87.4 Å². The van der Waals surface area contributed by atoms with Crippen LogP contribution in [-0.2, 0) is 22.9 Å². The molecule has 0 saturated heterocycles. The molecular weight excluding hydrogens is 372 g/mol. The summed E-state index contributed by atoms with van der Waals surface area (Å²) in [5.74, 6) is -0.217. The lowest BCUT2D eigenvalue weighted by Crippen LogP contribution is -2.30. The minimum atomic E-state index is -3.56. The summed E-state index contributed by atoms with van der Waals surface area (Å²) in [4.78, 5) is 12.7. The molecule has 1 atom stereocenters. The number of carbonyl (C=O) groups is 1. The van der Waals surface area contributed by atoms with E-state index in [2.05, 4.69) is 28.2 Å². The Morgan fingerprint density at radius 1 is 0.929 bits per heavy atom. The first-order chi connectivity index (χ1) is 13.3. The van der Waals surface area contributed by atoms with E-state index in [1.54, 1.807) is 26.0 Å². The van der Waals surface area contributed by atoms with E-state index in [1.807, 2.05) is 6.92 Å². The van der Waals surface area contributed by atoms with Crippen molar-refractivity contribution in [2.75, 3.05) is 0 Å². The standard InChI is InChI=1S/C22H28N2O3S/c1-15(2)24-28(26,27)21-12-10-18(11-13-21)22(25)23-16(3)19-9-8-17-6-4-5-7-20(17)14-19/h8-16,24H,4-7H2,1-3H3,(H,23,25). The number of sulfonamides is 1. The molecule has 0 aliphatic heterocycles. The van der Waals surface area contributed by atoms with Crippen LogP contribution in [0.5, 0.6) is 0 Å². The molecular formula is C22H28N2O3S. The molecule has 28 heavy (non-hydrogen) atoms. The molecule has 3 rings (SSSR count). The van der Waals surface area contributed by atoms with Gasteiger partial charge in [-0.15, -0.1) is 0 Å². The molecule has 2 N–H and O–H groups in total. The highest BCUT2D eigenvalue weighted by Gasteiger charge is 2.18. The van der Waals surface area contributed by atoms with Crippen LogP contribution >= 0.6 is 0 Å². The summed E-state index contributed by atoms with van der Waals surface area (Å²) >= 11 is 0. The lowest BCUT2D eigenvalue weighted by Gasteiger charge is -2.20. The second-order valence-corrected chi connectivity index (χ2v) is 9.44. The summed E-state index contributed by atoms with van der Waals surface area (Å²) in [7, 11) is -3.56. The summed E-state index contributed by atoms with van der Waals surface area (Å²) in [5, 5.41) is 3.01. The number of benzene rings is 2. The fourth-order valence-electron chi connectivity index (χ4n) is 3.55. The minimum absolute atomic E-state index is 0.120. The molecule has 0 heterocycles. The van der Waals surface area contributed by atoms with Gasteiger partial charge in [-0.3, -0.25) is 4.79 Å². The van der Waals surface area contributed by atoms with Crippen LogP contribution in [0.25, 0.3) is 0 Å². The maximum Gasteiger partial charge on any atom is 0.251 e. The van der Waals surface area contributed by atoms with Gasteiger partial charge < -0.3 is 5.32 Å². The lowest BCUT2D eigenvalue weighted by molar-refractivity contribution is 0.0939. The first-order valence-corrected chi connectivity index (χ1v) is 11.3. The molecule has 1 amide bonds. The van der Waals surface area contributed by atoms with Crippen LogP contribution in [0.4, 0.5) is 0 Å². The molecule has 0 saturated carbocycles. The van der Waals surface area contributed by atoms with Crippen LogP contribution in [-0.4, -0.2) is 20.4 Å². The third-order valence-corrected chi connectivity index (χ3v) is 6.71. The van der Waals surface area contributed by atoms with Crippen molar-refractivity contribution in [1.29, 1.82) is 0 Å². The summed E-state index contributed by atoms with van der Waals surface area (Å²) in [6, 6.07) is 12.2. The monoisotopic (exact) mass is 400 g/mol. The Morgan fingerprint density at radius 3 is 2.21 bits per heavy atom. The highest BCUT2D eigenvalue weighted by molar-refractivity contribution is 7.89. The number of fused-ring (bicyclic) bond motifs is 1. The Morgan fingerprint density at radius 2 is 1.57 bits per heavy atom. The van der Waals surface area contributed by atoms with Crippen LogP contribution in [0.2, 0.25) is 0 Å². The van der Waals surface area contributed by atoms with E-state index >= 15 is 0 Å². The van der Waals surface area contributed by atoms with E-state index in [1.165, 1.54) is 36.1 Å². The fraction of sp³-hybridized carbons (Fsp3) is 0.409. The van der Waals surface area contributed by atoms with Gasteiger partial charge in [-0.1, -0.05) is 18.2 Å². The number of nitrogens with one attached hydrogen (secondary N) is 2. The molecule has 2 aromatic rings. The van der Waals surface area contributed by atoms with E-state index in [0.717, 1.165) is 18.4 Å². The van der Waals surface area contributed by atoms with E-state index in [4.69, 9.17) is 0 Å². The Hall–Kier alpha value is -2.18. The van der Waals surface area contributed by atoms with Crippen molar-refractivity contribution in [2.45, 2.75) is 63.4 Å². The quantitative estimate of drug-likeness (QED) is 0.776. The zero-order valence-electron chi connectivity index (χ0n) is 16.7. The maximum absolute atomic E-state index is 12.6. The van der Waals surface area contributed by atoms with Crippen molar-refractivity contribution in [3.05, 3.63) is 64.7 Å². The van der Waals surface area contributed by atoms with E-state index < -0.39 is 10.0 Å². The zero-order chi connectivity index (χ0) is 20.3. The van der Waals surface area contributed by atoms with Gasteiger partial charge in [-0.25, -0.2) is 13.1 Å². The second kappa shape index (κ2) is 8.45. The van der Waals surface area contributed by atoms with E-state index in [-0.39, 0.29) is 22.9 Å². The number of carbonyl (C=O) groups excluding carboxylic acids is 1. The molecule has 2 aromatic carbocycles. The Labute approximate surface area is 167 Å². The SMILES string of the molecule is CC(C)NS(=O)(=O)c1ccc(C(=O)NC(C)c2ccc3c(c2)CCCC3)cc1. The van der Waals surface area contributed by atoms with Crippen LogP contribution in [0.3, 0.4) is 0 Å². The predicted octanol–water partition coefficient (Wildman–Crippen LogP) is 3.74. The Bertz CT molecular complexity index is 950. The van der Waals surface area contributed by atoms with E-state index in [9.17, 15) is 13.2 Å². The van der Waals surface area contributed by atoms with Crippen LogP contribution in [0.15, 0.2) is 47.4 Å². The largest absolute Gasteiger partial charge is 0.346 e. The molecule has 0 radical (unpaired) electrons. The Kier molecular flexibility index (Phi) is 6.20. The third kappa shape index (κ3) is 4.80. The number of rotatable bonds is 6. The zero-order valence-corrected chi connectivity index (χ0v) is 17.5. The van der Waals surface area contributed by atoms with Crippen LogP contribution < -0.4 is 10.0 Å². The van der Waals surface area contributed by atoms with Gasteiger partial charge in [0.15, 0.2) is 0 Å². The van der Waals surface area contributed by atoms with Gasteiger partial charge >= 0.3 is 0 Å². The van der Waals surface area contributed by atoms with Gasteiger partial charge in [0.1, 0.15) is 0 Å². The van der Waals surface area contributed by atoms with Crippen molar-refractivity contribution in [3.63, 3.8) is 0 Å². The molecule has 1 unspecified atom stereocenters. The molecule has 1 aliphatic carbocycles. The van der Waals surface area contributed by atoms with Gasteiger partial charge in [0.05, 0.1) is 10.9 Å². The van der Waals surface area contributed by atoms with E-state index in [0.29, 0.717) is 5.56 Å². The molecule has 0 aromatic heterocycles.